The van der Waals surface area contributed by atoms with Crippen LogP contribution in [-0.2, 0) is 0 Å². The Hall–Kier alpha value is -2.50. The summed E-state index contributed by atoms with van der Waals surface area (Å²) in [6.45, 7) is 9.77. The minimum atomic E-state index is -1.52. The van der Waals surface area contributed by atoms with Crippen LogP contribution in [-0.4, -0.2) is 33.7 Å². The molecule has 0 unspecified atom stereocenters. The zero-order valence-electron chi connectivity index (χ0n) is 14.7. The Bertz CT molecular complexity index is 729. The molecule has 0 aliphatic heterocycles. The first-order valence-electron chi connectivity index (χ1n) is 7.42. The van der Waals surface area contributed by atoms with Crippen molar-refractivity contribution in [2.75, 3.05) is 0 Å². The van der Waals surface area contributed by atoms with Gasteiger partial charge in [0.25, 0.3) is 0 Å². The Balaban J connectivity index is 3.86. The molecule has 1 aromatic rings. The molecular weight excluding hydrogens is 312 g/mol. The minimum absolute atomic E-state index is 0.0116. The fraction of sp³-hybridized carbons (Fsp3) is 0.444. The average molecular weight is 334 g/mol. The van der Waals surface area contributed by atoms with Crippen molar-refractivity contribution in [3.63, 3.8) is 0 Å². The molecule has 0 atom stereocenters. The van der Waals surface area contributed by atoms with Crippen molar-refractivity contribution < 1.29 is 29.4 Å². The Kier molecular flexibility index (Phi) is 5.04. The quantitative estimate of drug-likeness (QED) is 0.815. The molecule has 0 aromatic heterocycles. The van der Waals surface area contributed by atoms with Crippen molar-refractivity contribution in [2.24, 2.45) is 10.8 Å². The molecule has 0 saturated heterocycles. The largest absolute Gasteiger partial charge is 0.478 e. The molecule has 0 heterocycles. The van der Waals surface area contributed by atoms with Crippen LogP contribution in [0.15, 0.2) is 12.1 Å². The zero-order chi connectivity index (χ0) is 19.0. The summed E-state index contributed by atoms with van der Waals surface area (Å²) in [7, 11) is 0. The monoisotopic (exact) mass is 334 g/mol. The fourth-order valence-corrected chi connectivity index (χ4v) is 2.19. The molecule has 1 aromatic carbocycles. The highest BCUT2D eigenvalue weighted by atomic mass is 16.4. The summed E-state index contributed by atoms with van der Waals surface area (Å²) in [5.41, 5.74) is -3.13. The minimum Gasteiger partial charge on any atom is -0.478 e. The third kappa shape index (κ3) is 3.88. The second-order valence-corrected chi connectivity index (χ2v) is 7.71. The molecule has 0 fully saturated rings. The molecule has 1 rings (SSSR count). The third-order valence-corrected chi connectivity index (χ3v) is 3.45. The number of Topliss-reactive ketones (excluding diaryl/α,β-unsaturated/α-hetero) is 2. The van der Waals surface area contributed by atoms with Gasteiger partial charge in [-0.15, -0.1) is 0 Å². The number of rotatable bonds is 4. The highest BCUT2D eigenvalue weighted by Gasteiger charge is 2.33. The van der Waals surface area contributed by atoms with Gasteiger partial charge in [-0.1, -0.05) is 41.5 Å². The van der Waals surface area contributed by atoms with Crippen molar-refractivity contribution in [2.45, 2.75) is 41.5 Å². The van der Waals surface area contributed by atoms with Gasteiger partial charge in [-0.3, -0.25) is 9.59 Å². The third-order valence-electron chi connectivity index (χ3n) is 3.45. The fourth-order valence-electron chi connectivity index (χ4n) is 2.19. The smallest absolute Gasteiger partial charge is 0.337 e. The summed E-state index contributed by atoms with van der Waals surface area (Å²) in [5.74, 6) is -3.93. The van der Waals surface area contributed by atoms with Crippen LogP contribution < -0.4 is 0 Å². The maximum Gasteiger partial charge on any atom is 0.337 e. The maximum absolute atomic E-state index is 12.6. The predicted octanol–water partition coefficient (Wildman–Crippen LogP) is 3.54. The van der Waals surface area contributed by atoms with Crippen LogP contribution >= 0.6 is 0 Å². The summed E-state index contributed by atoms with van der Waals surface area (Å²) in [4.78, 5) is 48.2. The van der Waals surface area contributed by atoms with E-state index in [0.717, 1.165) is 6.07 Å². The molecule has 0 radical (unpaired) electrons. The lowest BCUT2D eigenvalue weighted by Crippen LogP contribution is -2.27. The lowest BCUT2D eigenvalue weighted by atomic mass is 9.80. The van der Waals surface area contributed by atoms with Gasteiger partial charge >= 0.3 is 11.9 Å². The van der Waals surface area contributed by atoms with E-state index in [0.29, 0.717) is 0 Å². The van der Waals surface area contributed by atoms with Gasteiger partial charge in [0.15, 0.2) is 11.6 Å². The van der Waals surface area contributed by atoms with E-state index in [4.69, 9.17) is 0 Å². The molecule has 130 valence electrons. The first-order valence-corrected chi connectivity index (χ1v) is 7.42. The first kappa shape index (κ1) is 19.5. The summed E-state index contributed by atoms with van der Waals surface area (Å²) in [6, 6.07) is 2.22. The van der Waals surface area contributed by atoms with E-state index in [1.165, 1.54) is 6.07 Å². The Morgan fingerprint density at radius 3 is 1.46 bits per heavy atom. The van der Waals surface area contributed by atoms with E-state index < -0.39 is 39.7 Å². The van der Waals surface area contributed by atoms with Crippen LogP contribution in [0.2, 0.25) is 0 Å². The van der Waals surface area contributed by atoms with Gasteiger partial charge in [0.2, 0.25) is 0 Å². The Morgan fingerprint density at radius 2 is 1.12 bits per heavy atom. The molecule has 0 spiro atoms. The predicted molar refractivity (Wildman–Crippen MR) is 87.9 cm³/mol. The Labute approximate surface area is 140 Å². The van der Waals surface area contributed by atoms with Crippen LogP contribution in [0.25, 0.3) is 0 Å². The summed E-state index contributed by atoms with van der Waals surface area (Å²) in [5, 5.41) is 18.7. The van der Waals surface area contributed by atoms with E-state index in [1.807, 2.05) is 0 Å². The van der Waals surface area contributed by atoms with Gasteiger partial charge in [-0.05, 0) is 12.1 Å². The lowest BCUT2D eigenvalue weighted by Gasteiger charge is -2.22. The van der Waals surface area contributed by atoms with Crippen LogP contribution in [0.5, 0.6) is 0 Å². The van der Waals surface area contributed by atoms with Crippen molar-refractivity contribution >= 4 is 23.5 Å². The van der Waals surface area contributed by atoms with E-state index in [-0.39, 0.29) is 16.9 Å². The van der Waals surface area contributed by atoms with E-state index in [9.17, 15) is 29.4 Å². The molecule has 6 nitrogen and oxygen atoms in total. The van der Waals surface area contributed by atoms with E-state index >= 15 is 0 Å². The summed E-state index contributed by atoms with van der Waals surface area (Å²) >= 11 is 0. The molecule has 0 amide bonds. The van der Waals surface area contributed by atoms with Crippen molar-refractivity contribution in [3.8, 4) is 0 Å². The van der Waals surface area contributed by atoms with Gasteiger partial charge in [-0.25, -0.2) is 9.59 Å². The van der Waals surface area contributed by atoms with Gasteiger partial charge in [0.1, 0.15) is 0 Å². The standard InChI is InChI=1S/C18H22O6/c1-17(2,3)13(19)9-7-10(14(20)18(4,5)6)12(16(23)24)11(8-9)15(21)22/h7-8H,1-6H3,(H,21,22)(H,23,24). The maximum atomic E-state index is 12.6. The molecule has 24 heavy (non-hydrogen) atoms. The highest BCUT2D eigenvalue weighted by Crippen LogP contribution is 2.29. The summed E-state index contributed by atoms with van der Waals surface area (Å²) < 4.78 is 0. The van der Waals surface area contributed by atoms with Crippen LogP contribution in [0.4, 0.5) is 0 Å². The second-order valence-electron chi connectivity index (χ2n) is 7.71. The highest BCUT2D eigenvalue weighted by molar-refractivity contribution is 6.15. The molecule has 0 saturated carbocycles. The number of hydrogen-bond acceptors (Lipinski definition) is 4. The topological polar surface area (TPSA) is 109 Å². The number of ketones is 2. The van der Waals surface area contributed by atoms with Gasteiger partial charge in [-0.2, -0.15) is 0 Å². The van der Waals surface area contributed by atoms with Gasteiger partial charge in [0.05, 0.1) is 11.1 Å². The average Bonchev–Trinajstić information content (AvgIpc) is 2.41. The van der Waals surface area contributed by atoms with Gasteiger partial charge < -0.3 is 10.2 Å². The number of carbonyl (C=O) groups is 4. The number of aromatic carboxylic acids is 2. The number of carboxylic acids is 2. The molecule has 0 aliphatic carbocycles. The van der Waals surface area contributed by atoms with Crippen LogP contribution in [0.1, 0.15) is 83.0 Å². The van der Waals surface area contributed by atoms with Gasteiger partial charge in [0, 0.05) is 22.0 Å². The molecule has 0 bridgehead atoms. The van der Waals surface area contributed by atoms with Crippen molar-refractivity contribution in [1.82, 2.24) is 0 Å². The van der Waals surface area contributed by atoms with E-state index in [1.54, 1.807) is 41.5 Å². The Morgan fingerprint density at radius 1 is 0.708 bits per heavy atom. The second kappa shape index (κ2) is 6.19. The first-order chi connectivity index (χ1) is 10.7. The number of carboxylic acid groups (broad SMARTS) is 2. The molecule has 6 heteroatoms. The zero-order valence-corrected chi connectivity index (χ0v) is 14.7. The molecular formula is C18H22O6. The molecule has 0 aliphatic rings. The van der Waals surface area contributed by atoms with Crippen LogP contribution in [0, 0.1) is 10.8 Å². The number of hydrogen-bond donors (Lipinski definition) is 2. The normalized spacial score (nSPS) is 11.9. The lowest BCUT2D eigenvalue weighted by molar-refractivity contribution is 0.0647. The van der Waals surface area contributed by atoms with Crippen molar-refractivity contribution in [3.05, 3.63) is 34.4 Å². The SMILES string of the molecule is CC(C)(C)C(=O)c1cc(C(=O)O)c(C(=O)O)c(C(=O)C(C)(C)C)c1. The van der Waals surface area contributed by atoms with Crippen molar-refractivity contribution in [1.29, 1.82) is 0 Å². The molecule has 2 N–H and O–H groups in total. The number of carbonyl (C=O) groups excluding carboxylic acids is 2. The van der Waals surface area contributed by atoms with Crippen LogP contribution in [0.3, 0.4) is 0 Å². The van der Waals surface area contributed by atoms with E-state index in [2.05, 4.69) is 0 Å². The number of benzene rings is 1. The summed E-state index contributed by atoms with van der Waals surface area (Å²) in [6.07, 6.45) is 0.